The van der Waals surface area contributed by atoms with Gasteiger partial charge >= 0.3 is 0 Å². The topological polar surface area (TPSA) is 32.8 Å². The molecule has 0 amide bonds. The van der Waals surface area contributed by atoms with Crippen LogP contribution in [-0.4, -0.2) is 0 Å². The number of hydrogen-bond donors (Lipinski definition) is 0. The van der Waals surface area contributed by atoms with Gasteiger partial charge in [-0.2, -0.15) is 0 Å². The molecule has 4 aromatic heterocycles. The molecule has 356 valence electrons. The molecule has 0 atom stereocenters. The van der Waals surface area contributed by atoms with Crippen molar-refractivity contribution >= 4 is 152 Å². The lowest BCUT2D eigenvalue weighted by molar-refractivity contribution is 0.669. The molecule has 12 aromatic carbocycles. The van der Waals surface area contributed by atoms with Crippen molar-refractivity contribution in [2.45, 2.75) is 0 Å². The highest BCUT2D eigenvalue weighted by Crippen LogP contribution is 2.51. The average Bonchev–Trinajstić information content (AvgIpc) is 4.34. The summed E-state index contributed by atoms with van der Waals surface area (Å²) >= 11 is 3.68. The zero-order valence-corrected chi connectivity index (χ0v) is 42.4. The number of nitrogens with zero attached hydrogens (tertiary/aromatic N) is 2. The Morgan fingerprint density at radius 2 is 0.671 bits per heavy atom. The molecular formula is C70H42N2O2S2. The zero-order chi connectivity index (χ0) is 49.8. The van der Waals surface area contributed by atoms with E-state index in [0.717, 1.165) is 111 Å². The Kier molecular flexibility index (Phi) is 9.64. The average molecular weight is 1010 g/mol. The first-order valence-electron chi connectivity index (χ1n) is 25.6. The van der Waals surface area contributed by atoms with Gasteiger partial charge in [0, 0.05) is 119 Å². The molecule has 6 heteroatoms. The summed E-state index contributed by atoms with van der Waals surface area (Å²) < 4.78 is 19.5. The first kappa shape index (κ1) is 43.0. The van der Waals surface area contributed by atoms with Gasteiger partial charge in [-0.25, -0.2) is 0 Å². The summed E-state index contributed by atoms with van der Waals surface area (Å²) in [6.07, 6.45) is 0. The van der Waals surface area contributed by atoms with E-state index in [1.165, 1.54) is 40.3 Å². The largest absolute Gasteiger partial charge is 0.456 e. The molecular weight excluding hydrogens is 965 g/mol. The van der Waals surface area contributed by atoms with Crippen molar-refractivity contribution in [3.05, 3.63) is 255 Å². The number of rotatable bonds is 8. The number of thiophene rings is 2. The standard InChI is InChI=1S/C70H42N2O2S2/c1-5-17-43(18-6-1)67-57-41-59-51-33-29-47(71(45-21-9-3-10-22-45)49-30-34-54-52-25-13-15-27-63(52)75-65(54)39-49)37-60(51)74-70(59)68(44-19-7-2-8-20-44)58(57)42-62-69(67)56-36-32-48(38-61(56)73-62)72(46-23-11-4-12-24-46)50-31-35-55-53-26-14-16-28-64(53)76-66(55)40-50/h1-42H. The van der Waals surface area contributed by atoms with E-state index in [2.05, 4.69) is 265 Å². The molecule has 4 heterocycles. The van der Waals surface area contributed by atoms with E-state index < -0.39 is 0 Å². The van der Waals surface area contributed by atoms with Gasteiger partial charge in [-0.3, -0.25) is 0 Å². The van der Waals surface area contributed by atoms with Gasteiger partial charge in [0.15, 0.2) is 0 Å². The zero-order valence-electron chi connectivity index (χ0n) is 40.8. The van der Waals surface area contributed by atoms with Crippen LogP contribution in [0.15, 0.2) is 264 Å². The third kappa shape index (κ3) is 6.75. The van der Waals surface area contributed by atoms with Crippen LogP contribution in [-0.2, 0) is 0 Å². The molecule has 4 nitrogen and oxygen atoms in total. The molecule has 16 aromatic rings. The van der Waals surface area contributed by atoms with E-state index in [-0.39, 0.29) is 0 Å². The van der Waals surface area contributed by atoms with Gasteiger partial charge in [-0.1, -0.05) is 146 Å². The predicted octanol–water partition coefficient (Wildman–Crippen LogP) is 21.6. The molecule has 0 bridgehead atoms. The van der Waals surface area contributed by atoms with E-state index in [0.29, 0.717) is 0 Å². The van der Waals surface area contributed by atoms with E-state index in [9.17, 15) is 0 Å². The number of anilines is 6. The summed E-state index contributed by atoms with van der Waals surface area (Å²) in [6, 6.07) is 91.9. The third-order valence-corrected chi connectivity index (χ3v) is 17.5. The molecule has 0 aliphatic rings. The van der Waals surface area contributed by atoms with Gasteiger partial charge in [0.1, 0.15) is 22.3 Å². The van der Waals surface area contributed by atoms with Crippen LogP contribution in [0.5, 0.6) is 0 Å². The normalized spacial score (nSPS) is 11.9. The van der Waals surface area contributed by atoms with Crippen molar-refractivity contribution in [1.82, 2.24) is 0 Å². The SMILES string of the molecule is c1ccc(-c2c3cc4oc5cc(N(c6ccccc6)c6ccc7c(c6)sc6ccccc67)ccc5c4c(-c4ccccc4)c3cc3c2oc2cc(N(c4ccccc4)c4ccc5c(c4)sc4ccccc45)ccc23)cc1. The van der Waals surface area contributed by atoms with Crippen molar-refractivity contribution in [1.29, 1.82) is 0 Å². The van der Waals surface area contributed by atoms with Crippen LogP contribution < -0.4 is 9.80 Å². The molecule has 0 saturated carbocycles. The first-order chi connectivity index (χ1) is 37.7. The monoisotopic (exact) mass is 1010 g/mol. The van der Waals surface area contributed by atoms with Crippen LogP contribution in [0.3, 0.4) is 0 Å². The smallest absolute Gasteiger partial charge is 0.143 e. The fourth-order valence-electron chi connectivity index (χ4n) is 11.8. The number of hydrogen-bond acceptors (Lipinski definition) is 6. The van der Waals surface area contributed by atoms with Gasteiger partial charge in [0.25, 0.3) is 0 Å². The molecule has 16 rings (SSSR count). The number of benzene rings is 12. The van der Waals surface area contributed by atoms with Crippen LogP contribution in [0.4, 0.5) is 34.1 Å². The van der Waals surface area contributed by atoms with Crippen LogP contribution in [0.1, 0.15) is 0 Å². The number of fused-ring (bicyclic) bond motifs is 13. The van der Waals surface area contributed by atoms with Crippen molar-refractivity contribution in [2.75, 3.05) is 9.80 Å². The molecule has 0 saturated heterocycles. The van der Waals surface area contributed by atoms with Gasteiger partial charge in [-0.15, -0.1) is 22.7 Å². The molecule has 0 aliphatic carbocycles. The van der Waals surface area contributed by atoms with E-state index in [1.807, 2.05) is 22.7 Å². The quantitative estimate of drug-likeness (QED) is 0.152. The van der Waals surface area contributed by atoms with Crippen molar-refractivity contribution in [3.8, 4) is 22.3 Å². The van der Waals surface area contributed by atoms with Crippen LogP contribution in [0.25, 0.3) is 117 Å². The molecule has 0 unspecified atom stereocenters. The molecule has 0 fully saturated rings. The Hall–Kier alpha value is -9.46. The highest BCUT2D eigenvalue weighted by molar-refractivity contribution is 7.26. The Balaban J connectivity index is 0.909. The van der Waals surface area contributed by atoms with Gasteiger partial charge < -0.3 is 18.6 Å². The molecule has 76 heavy (non-hydrogen) atoms. The lowest BCUT2D eigenvalue weighted by Crippen LogP contribution is -2.09. The van der Waals surface area contributed by atoms with Crippen LogP contribution in [0.2, 0.25) is 0 Å². The fraction of sp³-hybridized carbons (Fsp3) is 0. The van der Waals surface area contributed by atoms with E-state index in [1.54, 1.807) is 0 Å². The lowest BCUT2D eigenvalue weighted by atomic mass is 9.88. The summed E-state index contributed by atoms with van der Waals surface area (Å²) in [7, 11) is 0. The maximum Gasteiger partial charge on any atom is 0.143 e. The number of furan rings is 2. The Labute approximate surface area is 444 Å². The molecule has 0 N–H and O–H groups in total. The van der Waals surface area contributed by atoms with Crippen LogP contribution in [0, 0.1) is 0 Å². The highest BCUT2D eigenvalue weighted by atomic mass is 32.1. The van der Waals surface area contributed by atoms with Gasteiger partial charge in [-0.05, 0) is 119 Å². The van der Waals surface area contributed by atoms with Crippen molar-refractivity contribution < 1.29 is 8.83 Å². The Morgan fingerprint density at radius 3 is 1.22 bits per heavy atom. The number of para-hydroxylation sites is 2. The minimum absolute atomic E-state index is 0.820. The first-order valence-corrected chi connectivity index (χ1v) is 27.3. The van der Waals surface area contributed by atoms with Crippen LogP contribution >= 0.6 is 22.7 Å². The highest BCUT2D eigenvalue weighted by Gasteiger charge is 2.25. The summed E-state index contributed by atoms with van der Waals surface area (Å²) in [4.78, 5) is 4.68. The Morgan fingerprint density at radius 1 is 0.250 bits per heavy atom. The second-order valence-electron chi connectivity index (χ2n) is 19.5. The van der Waals surface area contributed by atoms with Crippen molar-refractivity contribution in [2.24, 2.45) is 0 Å². The molecule has 0 radical (unpaired) electrons. The fourth-order valence-corrected chi connectivity index (χ4v) is 14.1. The molecule has 0 aliphatic heterocycles. The van der Waals surface area contributed by atoms with E-state index >= 15 is 0 Å². The minimum Gasteiger partial charge on any atom is -0.456 e. The molecule has 0 spiro atoms. The minimum atomic E-state index is 0.820. The summed E-state index contributed by atoms with van der Waals surface area (Å²) in [5.41, 5.74) is 14.0. The van der Waals surface area contributed by atoms with Gasteiger partial charge in [0.2, 0.25) is 0 Å². The third-order valence-electron chi connectivity index (χ3n) is 15.2. The maximum atomic E-state index is 7.25. The summed E-state index contributed by atoms with van der Waals surface area (Å²) in [5, 5.41) is 11.6. The lowest BCUT2D eigenvalue weighted by Gasteiger charge is -2.25. The van der Waals surface area contributed by atoms with Gasteiger partial charge in [0.05, 0.1) is 0 Å². The predicted molar refractivity (Wildman–Crippen MR) is 325 cm³/mol. The summed E-state index contributed by atoms with van der Waals surface area (Å²) in [6.45, 7) is 0. The van der Waals surface area contributed by atoms with E-state index in [4.69, 9.17) is 8.83 Å². The summed E-state index contributed by atoms with van der Waals surface area (Å²) in [5.74, 6) is 0. The van der Waals surface area contributed by atoms with Crippen molar-refractivity contribution in [3.63, 3.8) is 0 Å². The maximum absolute atomic E-state index is 7.25. The second-order valence-corrected chi connectivity index (χ2v) is 21.7. The Bertz CT molecular complexity index is 4780. The second kappa shape index (κ2) is 17.0.